The molecule has 3 saturated heterocycles. The lowest BCUT2D eigenvalue weighted by Gasteiger charge is -2.37. The summed E-state index contributed by atoms with van der Waals surface area (Å²) >= 11 is 0. The molecule has 0 aliphatic carbocycles. The number of likely N-dealkylation sites (tertiary alicyclic amines) is 1. The van der Waals surface area contributed by atoms with Crippen LogP contribution >= 0.6 is 22.8 Å². The van der Waals surface area contributed by atoms with Crippen LogP contribution in [-0.4, -0.2) is 123 Å². The maximum absolute atomic E-state index is 12.3. The summed E-state index contributed by atoms with van der Waals surface area (Å²) in [7, 11) is -10.7. The lowest BCUT2D eigenvalue weighted by molar-refractivity contribution is -0.133. The number of hydrogen-bond donors (Lipinski definition) is 4. The largest absolute Gasteiger partial charge is 0.472 e. The quantitative estimate of drug-likeness (QED) is 0.0435. The SMILES string of the molecule is CCCP1(=O)OP(=O)(CCC)OP(=O)(CCC)O1.CCN(CC)CC.O=C(CCc1ccnc2[nH]ccc12)CC1CN(C(=O)C#Cc2ccccc2)C1.O=C(CCc1ccnc2[nH]ccc12)CC1CNC1.O=C(O)C#Cc1ccccc1. The van der Waals surface area contributed by atoms with Gasteiger partial charge in [0.15, 0.2) is 0 Å². The van der Waals surface area contributed by atoms with E-state index in [-0.39, 0.29) is 36.1 Å². The van der Waals surface area contributed by atoms with E-state index in [1.54, 1.807) is 50.2 Å². The molecule has 3 aliphatic rings. The molecule has 82 heavy (non-hydrogen) atoms. The Hall–Kier alpha value is -6.29. The third kappa shape index (κ3) is 22.5. The Morgan fingerprint density at radius 1 is 0.598 bits per heavy atom. The highest BCUT2D eigenvalue weighted by molar-refractivity contribution is 7.80. The fraction of sp³-hybridized carbons (Fsp3) is 0.443. The maximum atomic E-state index is 12.3. The Balaban J connectivity index is 0.000000201. The van der Waals surface area contributed by atoms with Gasteiger partial charge in [-0.15, -0.1) is 0 Å². The van der Waals surface area contributed by atoms with Gasteiger partial charge in [-0.05, 0) is 130 Å². The number of pyridine rings is 2. The number of aromatic amines is 2. The van der Waals surface area contributed by atoms with E-state index in [0.717, 1.165) is 64.7 Å². The topological polar surface area (TPSA) is 243 Å². The van der Waals surface area contributed by atoms with Gasteiger partial charge in [0.1, 0.15) is 22.9 Å². The Labute approximate surface area is 483 Å². The molecule has 1 amide bonds. The first-order valence-corrected chi connectivity index (χ1v) is 33.5. The summed E-state index contributed by atoms with van der Waals surface area (Å²) in [6.07, 6.45) is 13.2. The minimum absolute atomic E-state index is 0.109. The standard InChI is InChI=1S/C23H21N3O2.C14H17N3O.C9H21O6P3.C9H6O2.C6H15N/c27-20(8-7-19-10-12-24-23-21(19)11-13-25-23)14-18-15-26(16-18)22(28)9-6-17-4-2-1-3-5-17;18-12(7-10-8-15-9-10)2-1-11-3-5-16-14-13(11)4-6-17-14;1-4-7-16(10)13-17(11,8-5-2)15-18(12,14-16)9-6-3;10-9(11)7-6-8-4-2-1-3-5-8;1-4-7(5-2)6-3/h1-5,10-13,18H,7-8,14-16H2,(H,24,25);3-6,10,15H,1-2,7-9H2,(H,16,17);4-9H2,1-3H3;1-5H,(H,10,11);4-6H2,1-3H3. The van der Waals surface area contributed by atoms with Gasteiger partial charge in [-0.1, -0.05) is 89.8 Å². The number of aromatic nitrogens is 4. The summed E-state index contributed by atoms with van der Waals surface area (Å²) in [4.78, 5) is 65.1. The number of ketones is 2. The highest BCUT2D eigenvalue weighted by Crippen LogP contribution is 2.82. The molecule has 21 heteroatoms. The molecule has 6 aromatic rings. The van der Waals surface area contributed by atoms with Crippen molar-refractivity contribution in [3.05, 3.63) is 132 Å². The molecular formula is C61H80N7O11P3. The van der Waals surface area contributed by atoms with Gasteiger partial charge in [0, 0.05) is 103 Å². The highest BCUT2D eigenvalue weighted by atomic mass is 31.3. The molecule has 4 aromatic heterocycles. The molecule has 3 aliphatic heterocycles. The predicted molar refractivity (Wildman–Crippen MR) is 324 cm³/mol. The number of nitrogens with one attached hydrogen (secondary N) is 3. The summed E-state index contributed by atoms with van der Waals surface area (Å²) in [6.45, 7) is 18.8. The Morgan fingerprint density at radius 3 is 1.38 bits per heavy atom. The van der Waals surface area contributed by atoms with Crippen LogP contribution in [-0.2, 0) is 58.6 Å². The summed E-state index contributed by atoms with van der Waals surface area (Å²) < 4.78 is 52.3. The van der Waals surface area contributed by atoms with Gasteiger partial charge in [0.2, 0.25) is 0 Å². The number of carbonyl (C=O) groups excluding carboxylic acids is 3. The number of Topliss-reactive ketones (excluding diaryl/α,β-unsaturated/α-hetero) is 2. The molecule has 18 nitrogen and oxygen atoms in total. The van der Waals surface area contributed by atoms with Crippen LogP contribution in [0.3, 0.4) is 0 Å². The van der Waals surface area contributed by atoms with Crippen molar-refractivity contribution in [1.82, 2.24) is 35.1 Å². The summed E-state index contributed by atoms with van der Waals surface area (Å²) in [5, 5.41) is 13.6. The van der Waals surface area contributed by atoms with Crippen molar-refractivity contribution < 1.29 is 50.9 Å². The number of fused-ring (bicyclic) bond motifs is 2. The number of carboxylic acid groups (broad SMARTS) is 1. The first kappa shape index (κ1) is 66.5. The van der Waals surface area contributed by atoms with Gasteiger partial charge in [-0.2, -0.15) is 0 Å². The van der Waals surface area contributed by atoms with Gasteiger partial charge >= 0.3 is 28.8 Å². The maximum Gasteiger partial charge on any atom is 0.382 e. The van der Waals surface area contributed by atoms with Crippen LogP contribution in [0.5, 0.6) is 0 Å². The molecule has 440 valence electrons. The number of hydrogen-bond acceptors (Lipinski definition) is 14. The van der Waals surface area contributed by atoms with Crippen molar-refractivity contribution >= 4 is 68.3 Å². The van der Waals surface area contributed by atoms with Crippen LogP contribution in [0.25, 0.3) is 22.1 Å². The molecule has 0 radical (unpaired) electrons. The van der Waals surface area contributed by atoms with Crippen molar-refractivity contribution in [2.45, 2.75) is 99.3 Å². The molecule has 0 unspecified atom stereocenters. The second-order valence-corrected chi connectivity index (χ2v) is 26.9. The van der Waals surface area contributed by atoms with Crippen LogP contribution in [0.2, 0.25) is 0 Å². The monoisotopic (exact) mass is 1180 g/mol. The van der Waals surface area contributed by atoms with E-state index in [1.807, 2.05) is 91.1 Å². The Bertz CT molecular complexity index is 3180. The van der Waals surface area contributed by atoms with Gasteiger partial charge in [-0.3, -0.25) is 28.1 Å². The zero-order chi connectivity index (χ0) is 59.4. The third-order valence-corrected chi connectivity index (χ3v) is 22.3. The second kappa shape index (κ2) is 34.3. The number of rotatable bonds is 19. The first-order valence-electron chi connectivity index (χ1n) is 28.3. The van der Waals surface area contributed by atoms with Crippen LogP contribution in [0.1, 0.15) is 109 Å². The number of amides is 1. The molecule has 0 spiro atoms. The first-order chi connectivity index (χ1) is 39.5. The van der Waals surface area contributed by atoms with E-state index in [0.29, 0.717) is 69.7 Å². The molecule has 4 N–H and O–H groups in total. The van der Waals surface area contributed by atoms with E-state index < -0.39 is 28.8 Å². The van der Waals surface area contributed by atoms with Crippen LogP contribution in [0.15, 0.2) is 110 Å². The molecule has 0 saturated carbocycles. The minimum Gasteiger partial charge on any atom is -0.472 e. The molecule has 9 rings (SSSR count). The Morgan fingerprint density at radius 2 is 1.01 bits per heavy atom. The smallest absolute Gasteiger partial charge is 0.382 e. The lowest BCUT2D eigenvalue weighted by atomic mass is 9.92. The molecule has 3 fully saturated rings. The van der Waals surface area contributed by atoms with Gasteiger partial charge in [-0.25, -0.2) is 27.7 Å². The highest BCUT2D eigenvalue weighted by Gasteiger charge is 2.51. The molecule has 0 atom stereocenters. The van der Waals surface area contributed by atoms with Gasteiger partial charge in [0.05, 0.1) is 18.5 Å². The minimum atomic E-state index is -3.57. The van der Waals surface area contributed by atoms with E-state index in [9.17, 15) is 32.9 Å². The number of nitrogens with zero attached hydrogens (tertiary/aromatic N) is 4. The van der Waals surface area contributed by atoms with E-state index >= 15 is 0 Å². The molecular weight excluding hydrogens is 1100 g/mol. The zero-order valence-electron chi connectivity index (χ0n) is 48.1. The zero-order valence-corrected chi connectivity index (χ0v) is 50.8. The normalized spacial score (nSPS) is 19.0. The number of carboxylic acids is 1. The van der Waals surface area contributed by atoms with E-state index in [4.69, 9.17) is 18.0 Å². The van der Waals surface area contributed by atoms with E-state index in [1.165, 1.54) is 25.2 Å². The van der Waals surface area contributed by atoms with Crippen LogP contribution in [0.4, 0.5) is 0 Å². The van der Waals surface area contributed by atoms with Crippen LogP contribution in [0, 0.1) is 35.5 Å². The number of aliphatic carboxylic acids is 1. The summed E-state index contributed by atoms with van der Waals surface area (Å²) in [5.41, 5.74) is 5.66. The van der Waals surface area contributed by atoms with Crippen molar-refractivity contribution in [3.63, 3.8) is 0 Å². The number of carbonyl (C=O) groups is 4. The Kier molecular flexibility index (Phi) is 27.9. The van der Waals surface area contributed by atoms with Crippen molar-refractivity contribution in [1.29, 1.82) is 0 Å². The van der Waals surface area contributed by atoms with Crippen molar-refractivity contribution in [2.75, 3.05) is 64.3 Å². The molecule has 2 aromatic carbocycles. The van der Waals surface area contributed by atoms with Crippen molar-refractivity contribution in [2.24, 2.45) is 11.8 Å². The number of aryl methyl sites for hydroxylation is 2. The van der Waals surface area contributed by atoms with E-state index in [2.05, 4.69) is 68.7 Å². The van der Waals surface area contributed by atoms with Crippen molar-refractivity contribution in [3.8, 4) is 23.7 Å². The molecule has 7 heterocycles. The summed E-state index contributed by atoms with van der Waals surface area (Å²) in [5.74, 6) is 10.3. The average molecular weight is 1180 g/mol. The average Bonchev–Trinajstić information content (AvgIpc) is 3.86. The van der Waals surface area contributed by atoms with Crippen LogP contribution < -0.4 is 5.32 Å². The van der Waals surface area contributed by atoms with Gasteiger partial charge < -0.3 is 30.2 Å². The molecule has 0 bridgehead atoms. The number of benzene rings is 2. The van der Waals surface area contributed by atoms with Gasteiger partial charge in [0.25, 0.3) is 5.91 Å². The fourth-order valence-electron chi connectivity index (χ4n) is 8.95. The summed E-state index contributed by atoms with van der Waals surface area (Å²) in [6, 6.07) is 26.5. The predicted octanol–water partition coefficient (Wildman–Crippen LogP) is 12.0. The fourth-order valence-corrected chi connectivity index (χ4v) is 18.3. The third-order valence-electron chi connectivity index (χ3n) is 13.3. The lowest BCUT2D eigenvalue weighted by Crippen LogP contribution is -2.50. The second-order valence-electron chi connectivity index (χ2n) is 19.9. The number of H-pyrrole nitrogens is 2.